The second kappa shape index (κ2) is 9.68. The fourth-order valence-corrected chi connectivity index (χ4v) is 5.44. The molecule has 1 N–H and O–H groups in total. The van der Waals surface area contributed by atoms with E-state index < -0.39 is 17.8 Å². The maximum atomic E-state index is 13.3. The lowest BCUT2D eigenvalue weighted by molar-refractivity contribution is -0.137. The number of aliphatic hydroxyl groups excluding tert-OH is 1. The lowest BCUT2D eigenvalue weighted by Gasteiger charge is -2.33. The molecule has 0 aliphatic carbocycles. The van der Waals surface area contributed by atoms with Crippen LogP contribution in [0.2, 0.25) is 10.0 Å². The second-order valence-electron chi connectivity index (χ2n) is 9.35. The van der Waals surface area contributed by atoms with Crippen LogP contribution >= 0.6 is 23.2 Å². The van der Waals surface area contributed by atoms with Crippen LogP contribution in [0.15, 0.2) is 30.3 Å². The van der Waals surface area contributed by atoms with E-state index in [9.17, 15) is 23.1 Å². The van der Waals surface area contributed by atoms with Crippen LogP contribution < -0.4 is 0 Å². The number of carbonyl (C=O) groups excluding carboxylic acids is 1. The highest BCUT2D eigenvalue weighted by molar-refractivity contribution is 6.38. The zero-order chi connectivity index (χ0) is 25.7. The fourth-order valence-electron chi connectivity index (χ4n) is 4.86. The molecule has 2 aromatic carbocycles. The molecule has 0 radical (unpaired) electrons. The number of hydrogen-bond donors (Lipinski definition) is 1. The van der Waals surface area contributed by atoms with E-state index in [4.69, 9.17) is 23.2 Å². The van der Waals surface area contributed by atoms with Crippen molar-refractivity contribution in [2.75, 3.05) is 13.1 Å². The monoisotopic (exact) mass is 526 g/mol. The highest BCUT2D eigenvalue weighted by Gasteiger charge is 2.32. The minimum atomic E-state index is -4.44. The van der Waals surface area contributed by atoms with E-state index in [1.165, 1.54) is 0 Å². The van der Waals surface area contributed by atoms with Crippen molar-refractivity contribution in [3.8, 4) is 0 Å². The Labute approximate surface area is 212 Å². The summed E-state index contributed by atoms with van der Waals surface area (Å²) < 4.78 is 41.7. The molecule has 0 spiro atoms. The van der Waals surface area contributed by atoms with Gasteiger partial charge in [-0.2, -0.15) is 13.2 Å². The summed E-state index contributed by atoms with van der Waals surface area (Å²) in [6.45, 7) is 4.49. The summed E-state index contributed by atoms with van der Waals surface area (Å²) in [7, 11) is 1.71. The molecule has 1 aliphatic rings. The maximum Gasteiger partial charge on any atom is 0.416 e. The molecule has 4 nitrogen and oxygen atoms in total. The van der Waals surface area contributed by atoms with Crippen molar-refractivity contribution in [1.82, 2.24) is 9.47 Å². The molecule has 2 heterocycles. The number of benzene rings is 2. The van der Waals surface area contributed by atoms with E-state index in [0.717, 1.165) is 36.1 Å². The van der Waals surface area contributed by atoms with Crippen LogP contribution in [0.3, 0.4) is 0 Å². The average Bonchev–Trinajstić information content (AvgIpc) is 3.11. The summed E-state index contributed by atoms with van der Waals surface area (Å²) in [5.41, 5.74) is 1.92. The van der Waals surface area contributed by atoms with Crippen LogP contribution in [0.4, 0.5) is 13.2 Å². The number of hydrogen-bond acceptors (Lipinski definition) is 2. The normalized spacial score (nSPS) is 16.2. The maximum absolute atomic E-state index is 13.3. The number of piperidine rings is 1. The number of amides is 1. The van der Waals surface area contributed by atoms with Gasteiger partial charge < -0.3 is 14.6 Å². The van der Waals surface area contributed by atoms with Gasteiger partial charge in [-0.05, 0) is 74.1 Å². The van der Waals surface area contributed by atoms with Crippen molar-refractivity contribution in [2.45, 2.75) is 45.4 Å². The first-order chi connectivity index (χ1) is 16.4. The molecular formula is C26H27Cl2F3N2O2. The molecule has 1 aliphatic heterocycles. The summed E-state index contributed by atoms with van der Waals surface area (Å²) in [6, 6.07) is 7.37. The highest BCUT2D eigenvalue weighted by atomic mass is 35.5. The number of likely N-dealkylation sites (tertiary alicyclic amines) is 1. The zero-order valence-corrected chi connectivity index (χ0v) is 21.2. The predicted octanol–water partition coefficient (Wildman–Crippen LogP) is 6.64. The third kappa shape index (κ3) is 5.04. The van der Waals surface area contributed by atoms with Gasteiger partial charge in [0.1, 0.15) is 0 Å². The first-order valence-corrected chi connectivity index (χ1v) is 12.2. The van der Waals surface area contributed by atoms with E-state index >= 15 is 0 Å². The summed E-state index contributed by atoms with van der Waals surface area (Å²) in [5, 5.41) is 11.2. The third-order valence-corrected chi connectivity index (χ3v) is 7.86. The quantitative estimate of drug-likeness (QED) is 0.414. The molecule has 35 heavy (non-hydrogen) atoms. The predicted molar refractivity (Wildman–Crippen MR) is 132 cm³/mol. The number of rotatable bonds is 4. The van der Waals surface area contributed by atoms with Gasteiger partial charge in [0.05, 0.1) is 22.3 Å². The van der Waals surface area contributed by atoms with E-state index in [0.29, 0.717) is 40.3 Å². The van der Waals surface area contributed by atoms with Gasteiger partial charge in [-0.3, -0.25) is 4.79 Å². The molecule has 0 saturated carbocycles. The lowest BCUT2D eigenvalue weighted by Crippen LogP contribution is -2.40. The van der Waals surface area contributed by atoms with Gasteiger partial charge in [0, 0.05) is 48.2 Å². The number of aliphatic hydroxyl groups is 1. The van der Waals surface area contributed by atoms with Crippen LogP contribution in [0.1, 0.15) is 52.5 Å². The van der Waals surface area contributed by atoms with Crippen LogP contribution in [0, 0.1) is 12.8 Å². The van der Waals surface area contributed by atoms with Gasteiger partial charge in [0.2, 0.25) is 0 Å². The van der Waals surface area contributed by atoms with Crippen LogP contribution in [0.25, 0.3) is 10.9 Å². The third-order valence-electron chi connectivity index (χ3n) is 7.08. The second-order valence-corrected chi connectivity index (χ2v) is 10.1. The molecule has 188 valence electrons. The minimum Gasteiger partial charge on any atom is -0.393 e. The van der Waals surface area contributed by atoms with Crippen LogP contribution in [0.5, 0.6) is 0 Å². The number of aromatic nitrogens is 1. The van der Waals surface area contributed by atoms with Gasteiger partial charge in [-0.25, -0.2) is 0 Å². The Kier molecular flexibility index (Phi) is 7.15. The molecule has 3 aromatic rings. The Hall–Kier alpha value is -2.22. The molecule has 1 atom stereocenters. The van der Waals surface area contributed by atoms with Gasteiger partial charge >= 0.3 is 6.18 Å². The molecular weight excluding hydrogens is 500 g/mol. The fraction of sp³-hybridized carbons (Fsp3) is 0.423. The molecule has 0 bridgehead atoms. The Morgan fingerprint density at radius 3 is 2.43 bits per heavy atom. The van der Waals surface area contributed by atoms with Gasteiger partial charge in [0.15, 0.2) is 0 Å². The molecule has 1 aromatic heterocycles. The molecule has 9 heteroatoms. The van der Waals surface area contributed by atoms with Crippen molar-refractivity contribution in [2.24, 2.45) is 13.0 Å². The number of fused-ring (bicyclic) bond motifs is 1. The number of carbonyl (C=O) groups is 1. The summed E-state index contributed by atoms with van der Waals surface area (Å²) in [5.74, 6) is -0.0252. The van der Waals surface area contributed by atoms with Gasteiger partial charge in [-0.15, -0.1) is 0 Å². The van der Waals surface area contributed by atoms with Gasteiger partial charge in [-0.1, -0.05) is 23.2 Å². The van der Waals surface area contributed by atoms with Crippen LogP contribution in [-0.2, 0) is 19.6 Å². The molecule has 1 amide bonds. The van der Waals surface area contributed by atoms with Crippen molar-refractivity contribution in [3.63, 3.8) is 0 Å². The standard InChI is InChI=1S/C26H27Cl2F3N2O2/c1-14-10-17(26(29,30)31)11-23-20(14)12-18(32(23)3)13-21-22(27)5-4-19(24(21)28)25(35)33-8-6-16(7-9-33)15(2)34/h4-5,10-12,15-16,34H,6-9,13H2,1-3H3. The first kappa shape index (κ1) is 25.9. The lowest BCUT2D eigenvalue weighted by atomic mass is 9.92. The van der Waals surface area contributed by atoms with Crippen LogP contribution in [-0.4, -0.2) is 39.7 Å². The molecule has 4 rings (SSSR count). The zero-order valence-electron chi connectivity index (χ0n) is 19.7. The molecule has 1 fully saturated rings. The number of aryl methyl sites for hydroxylation is 2. The van der Waals surface area contributed by atoms with E-state index in [1.807, 2.05) is 6.07 Å². The summed E-state index contributed by atoms with van der Waals surface area (Å²) in [6.07, 6.45) is -3.15. The van der Waals surface area contributed by atoms with Gasteiger partial charge in [0.25, 0.3) is 5.91 Å². The number of halogens is 5. The topological polar surface area (TPSA) is 45.5 Å². The first-order valence-electron chi connectivity index (χ1n) is 11.5. The Morgan fingerprint density at radius 1 is 1.17 bits per heavy atom. The van der Waals surface area contributed by atoms with E-state index in [1.54, 1.807) is 42.5 Å². The Balaban J connectivity index is 1.65. The van der Waals surface area contributed by atoms with Crippen molar-refractivity contribution >= 4 is 40.0 Å². The van der Waals surface area contributed by atoms with E-state index in [-0.39, 0.29) is 23.3 Å². The minimum absolute atomic E-state index is 0.170. The molecule has 1 saturated heterocycles. The SMILES string of the molecule is Cc1cc(C(F)(F)F)cc2c1cc(Cc1c(Cl)ccc(C(=O)N3CCC(C(C)O)CC3)c1Cl)n2C. The van der Waals surface area contributed by atoms with Crippen molar-refractivity contribution in [1.29, 1.82) is 0 Å². The Morgan fingerprint density at radius 2 is 1.83 bits per heavy atom. The number of alkyl halides is 3. The Bertz CT molecular complexity index is 1280. The van der Waals surface area contributed by atoms with Crippen molar-refractivity contribution in [3.05, 3.63) is 68.3 Å². The largest absolute Gasteiger partial charge is 0.416 e. The van der Waals surface area contributed by atoms with E-state index in [2.05, 4.69) is 0 Å². The van der Waals surface area contributed by atoms with Crippen molar-refractivity contribution < 1.29 is 23.1 Å². The smallest absolute Gasteiger partial charge is 0.393 e. The molecule has 1 unspecified atom stereocenters. The highest BCUT2D eigenvalue weighted by Crippen LogP contribution is 2.36. The average molecular weight is 527 g/mol. The number of nitrogens with zero attached hydrogens (tertiary/aromatic N) is 2. The summed E-state index contributed by atoms with van der Waals surface area (Å²) >= 11 is 13.2. The summed E-state index contributed by atoms with van der Waals surface area (Å²) in [4.78, 5) is 15.0.